The summed E-state index contributed by atoms with van der Waals surface area (Å²) in [6.45, 7) is 3.56. The number of hydrogen-bond acceptors (Lipinski definition) is 4. The van der Waals surface area contributed by atoms with Gasteiger partial charge in [-0.25, -0.2) is 4.79 Å². The third-order valence-electron chi connectivity index (χ3n) is 5.64. The van der Waals surface area contributed by atoms with Crippen molar-refractivity contribution in [3.63, 3.8) is 0 Å². The summed E-state index contributed by atoms with van der Waals surface area (Å²) >= 11 is 0. The van der Waals surface area contributed by atoms with Gasteiger partial charge in [-0.15, -0.1) is 0 Å². The van der Waals surface area contributed by atoms with E-state index in [2.05, 4.69) is 39.8 Å². The highest BCUT2D eigenvalue weighted by Crippen LogP contribution is 2.30. The summed E-state index contributed by atoms with van der Waals surface area (Å²) in [6.07, 6.45) is 5.61. The van der Waals surface area contributed by atoms with E-state index in [4.69, 9.17) is 5.73 Å². The topological polar surface area (TPSA) is 90.3 Å². The number of nitrogen functional groups attached to an aromatic ring is 1. The van der Waals surface area contributed by atoms with E-state index >= 15 is 0 Å². The predicted molar refractivity (Wildman–Crippen MR) is 107 cm³/mol. The molecule has 2 fully saturated rings. The average molecular weight is 368 g/mol. The van der Waals surface area contributed by atoms with Crippen LogP contribution in [0.1, 0.15) is 43.6 Å². The van der Waals surface area contributed by atoms with Gasteiger partial charge in [-0.2, -0.15) is 5.10 Å². The maximum atomic E-state index is 12.6. The number of anilines is 3. The second-order valence-electron chi connectivity index (χ2n) is 7.55. The Kier molecular flexibility index (Phi) is 5.18. The van der Waals surface area contributed by atoms with Gasteiger partial charge in [-0.1, -0.05) is 12.1 Å². The van der Waals surface area contributed by atoms with Gasteiger partial charge in [0.25, 0.3) is 0 Å². The molecule has 0 radical (unpaired) electrons. The van der Waals surface area contributed by atoms with Crippen LogP contribution in [0.3, 0.4) is 0 Å². The number of carbonyl (C=O) groups is 1. The molecule has 4 N–H and O–H groups in total. The third kappa shape index (κ3) is 4.18. The van der Waals surface area contributed by atoms with Crippen molar-refractivity contribution in [1.82, 2.24) is 20.0 Å². The Morgan fingerprint density at radius 2 is 1.70 bits per heavy atom. The quantitative estimate of drug-likeness (QED) is 0.773. The number of urea groups is 1. The van der Waals surface area contributed by atoms with Crippen LogP contribution in [-0.4, -0.2) is 52.2 Å². The number of aromatic nitrogens is 2. The van der Waals surface area contributed by atoms with Gasteiger partial charge >= 0.3 is 6.03 Å². The molecule has 2 amide bonds. The van der Waals surface area contributed by atoms with E-state index in [1.54, 1.807) is 6.07 Å². The summed E-state index contributed by atoms with van der Waals surface area (Å²) in [4.78, 5) is 16.7. The Labute approximate surface area is 159 Å². The van der Waals surface area contributed by atoms with Crippen LogP contribution in [0.2, 0.25) is 0 Å². The van der Waals surface area contributed by atoms with Gasteiger partial charge in [0.1, 0.15) is 5.82 Å². The second-order valence-corrected chi connectivity index (χ2v) is 7.55. The number of hydrogen-bond donors (Lipinski definition) is 3. The van der Waals surface area contributed by atoms with Gasteiger partial charge in [0.15, 0.2) is 5.82 Å². The number of amides is 2. The van der Waals surface area contributed by atoms with Crippen molar-refractivity contribution in [1.29, 1.82) is 0 Å². The van der Waals surface area contributed by atoms with Gasteiger partial charge in [0.2, 0.25) is 0 Å². The Hall–Kier alpha value is -2.70. The Bertz CT molecular complexity index is 757. The number of carbonyl (C=O) groups excluding carboxylic acids is 1. The number of nitrogens with one attached hydrogen (secondary N) is 2. The molecule has 2 aliphatic rings. The minimum atomic E-state index is 0.242. The minimum Gasteiger partial charge on any atom is -0.384 e. The van der Waals surface area contributed by atoms with Crippen molar-refractivity contribution in [3.8, 4) is 0 Å². The Morgan fingerprint density at radius 3 is 2.33 bits per heavy atom. The van der Waals surface area contributed by atoms with E-state index in [0.29, 0.717) is 17.6 Å². The molecule has 7 nitrogen and oxygen atoms in total. The minimum absolute atomic E-state index is 0.242. The number of piperidine rings is 2. The first-order valence-corrected chi connectivity index (χ1v) is 9.91. The molecular formula is C20H28N6O. The van der Waals surface area contributed by atoms with E-state index in [1.165, 1.54) is 12.0 Å². The van der Waals surface area contributed by atoms with E-state index < -0.39 is 0 Å². The fourth-order valence-electron chi connectivity index (χ4n) is 4.08. The van der Waals surface area contributed by atoms with Crippen LogP contribution in [0.5, 0.6) is 0 Å². The van der Waals surface area contributed by atoms with Crippen LogP contribution in [0.15, 0.2) is 30.3 Å². The highest BCUT2D eigenvalue weighted by molar-refractivity contribution is 5.74. The van der Waals surface area contributed by atoms with Crippen molar-refractivity contribution in [2.75, 3.05) is 37.2 Å². The molecule has 1 aromatic carbocycles. The summed E-state index contributed by atoms with van der Waals surface area (Å²) in [5, 5.41) is 10.0. The van der Waals surface area contributed by atoms with E-state index in [0.717, 1.165) is 57.5 Å². The number of rotatable bonds is 3. The zero-order valence-electron chi connectivity index (χ0n) is 15.7. The summed E-state index contributed by atoms with van der Waals surface area (Å²) in [5.74, 6) is 1.77. The first-order chi connectivity index (χ1) is 13.2. The summed E-state index contributed by atoms with van der Waals surface area (Å²) in [7, 11) is 0. The van der Waals surface area contributed by atoms with Gasteiger partial charge < -0.3 is 20.9 Å². The normalized spacial score (nSPS) is 18.5. The van der Waals surface area contributed by atoms with Gasteiger partial charge in [-0.3, -0.25) is 5.10 Å². The number of benzene rings is 1. The molecule has 1 aromatic heterocycles. The number of nitrogens with zero attached hydrogens (tertiary/aromatic N) is 3. The van der Waals surface area contributed by atoms with Crippen LogP contribution >= 0.6 is 0 Å². The molecule has 4 rings (SSSR count). The SMILES string of the molecule is Nc1cc(Nc2ccc(C3CCN(C(=O)N4CCCCC4)CC3)cc2)n[nH]1. The molecule has 0 aliphatic carbocycles. The van der Waals surface area contributed by atoms with Gasteiger partial charge in [-0.05, 0) is 55.7 Å². The highest BCUT2D eigenvalue weighted by atomic mass is 16.2. The second kappa shape index (κ2) is 7.90. The summed E-state index contributed by atoms with van der Waals surface area (Å²) < 4.78 is 0. The maximum Gasteiger partial charge on any atom is 0.319 e. The van der Waals surface area contributed by atoms with Crippen molar-refractivity contribution in [2.45, 2.75) is 38.0 Å². The first kappa shape index (κ1) is 17.7. The molecule has 3 heterocycles. The largest absolute Gasteiger partial charge is 0.384 e. The summed E-state index contributed by atoms with van der Waals surface area (Å²) in [5.41, 5.74) is 7.97. The first-order valence-electron chi connectivity index (χ1n) is 9.91. The zero-order chi connectivity index (χ0) is 18.6. The van der Waals surface area contributed by atoms with Gasteiger partial charge in [0.05, 0.1) is 0 Å². The molecule has 144 valence electrons. The lowest BCUT2D eigenvalue weighted by Crippen LogP contribution is -2.48. The lowest BCUT2D eigenvalue weighted by atomic mass is 9.89. The number of H-pyrrole nitrogens is 1. The average Bonchev–Trinajstić information content (AvgIpc) is 3.13. The van der Waals surface area contributed by atoms with Crippen molar-refractivity contribution in [2.24, 2.45) is 0 Å². The smallest absolute Gasteiger partial charge is 0.319 e. The zero-order valence-corrected chi connectivity index (χ0v) is 15.7. The van der Waals surface area contributed by atoms with Crippen molar-refractivity contribution in [3.05, 3.63) is 35.9 Å². The predicted octanol–water partition coefficient (Wildman–Crippen LogP) is 3.52. The molecule has 0 spiro atoms. The monoisotopic (exact) mass is 368 g/mol. The third-order valence-corrected chi connectivity index (χ3v) is 5.64. The summed E-state index contributed by atoms with van der Waals surface area (Å²) in [6, 6.07) is 10.5. The molecule has 2 aromatic rings. The van der Waals surface area contributed by atoms with Crippen LogP contribution in [0, 0.1) is 0 Å². The molecule has 0 bridgehead atoms. The van der Waals surface area contributed by atoms with Crippen LogP contribution in [-0.2, 0) is 0 Å². The highest BCUT2D eigenvalue weighted by Gasteiger charge is 2.27. The maximum absolute atomic E-state index is 12.6. The number of nitrogens with two attached hydrogens (primary N) is 1. The van der Waals surface area contributed by atoms with Crippen LogP contribution in [0.4, 0.5) is 22.1 Å². The lowest BCUT2D eigenvalue weighted by molar-refractivity contribution is 0.132. The fraction of sp³-hybridized carbons (Fsp3) is 0.500. The van der Waals surface area contributed by atoms with E-state index in [-0.39, 0.29) is 6.03 Å². The number of likely N-dealkylation sites (tertiary alicyclic amines) is 2. The molecule has 2 saturated heterocycles. The Balaban J connectivity index is 1.30. The van der Waals surface area contributed by atoms with Crippen molar-refractivity contribution < 1.29 is 4.79 Å². The van der Waals surface area contributed by atoms with Crippen LogP contribution in [0.25, 0.3) is 0 Å². The fourth-order valence-corrected chi connectivity index (χ4v) is 4.08. The van der Waals surface area contributed by atoms with E-state index in [9.17, 15) is 4.79 Å². The molecule has 0 atom stereocenters. The molecule has 7 heteroatoms. The van der Waals surface area contributed by atoms with Crippen molar-refractivity contribution >= 4 is 23.4 Å². The van der Waals surface area contributed by atoms with Crippen LogP contribution < -0.4 is 11.1 Å². The molecule has 0 unspecified atom stereocenters. The molecule has 0 saturated carbocycles. The lowest BCUT2D eigenvalue weighted by Gasteiger charge is -2.37. The Morgan fingerprint density at radius 1 is 1.04 bits per heavy atom. The molecule has 27 heavy (non-hydrogen) atoms. The standard InChI is InChI=1S/C20H28N6O/c21-18-14-19(24-23-18)22-17-6-4-15(5-7-17)16-8-12-26(13-9-16)20(27)25-10-2-1-3-11-25/h4-7,14,16H,1-3,8-13H2,(H4,21,22,23,24). The van der Waals surface area contributed by atoms with Gasteiger partial charge in [0, 0.05) is 37.9 Å². The molecule has 2 aliphatic heterocycles. The van der Waals surface area contributed by atoms with E-state index in [1.807, 2.05) is 9.80 Å². The number of aromatic amines is 1. The molecular weight excluding hydrogens is 340 g/mol.